The van der Waals surface area contributed by atoms with Gasteiger partial charge >= 0.3 is 0 Å². The van der Waals surface area contributed by atoms with E-state index < -0.39 is 67.8 Å². The fraction of sp³-hybridized carbons (Fsp3) is 0.444. The summed E-state index contributed by atoms with van der Waals surface area (Å²) in [5, 5.41) is 17.8. The zero-order valence-corrected chi connectivity index (χ0v) is 23.3. The zero-order valence-electron chi connectivity index (χ0n) is 21.7. The van der Waals surface area contributed by atoms with Gasteiger partial charge < -0.3 is 21.1 Å². The molecule has 2 unspecified atom stereocenters. The number of aliphatic hydroxyl groups is 1. The second kappa shape index (κ2) is 10.6. The highest BCUT2D eigenvalue weighted by molar-refractivity contribution is 7.92. The van der Waals surface area contributed by atoms with Crippen LogP contribution in [0.2, 0.25) is 5.02 Å². The van der Waals surface area contributed by atoms with Crippen LogP contribution in [-0.2, 0) is 19.4 Å². The molecule has 1 saturated heterocycles. The van der Waals surface area contributed by atoms with Crippen molar-refractivity contribution >= 4 is 44.8 Å². The fourth-order valence-electron chi connectivity index (χ4n) is 6.40. The molecule has 3 aliphatic carbocycles. The molecule has 6 rings (SSSR count). The van der Waals surface area contributed by atoms with Crippen molar-refractivity contribution in [3.63, 3.8) is 0 Å². The van der Waals surface area contributed by atoms with Gasteiger partial charge in [0.2, 0.25) is 11.8 Å². The lowest BCUT2D eigenvalue weighted by Crippen LogP contribution is -2.71. The van der Waals surface area contributed by atoms with Gasteiger partial charge in [-0.2, -0.15) is 0 Å². The van der Waals surface area contributed by atoms with E-state index in [-0.39, 0.29) is 58.8 Å². The third-order valence-corrected chi connectivity index (χ3v) is 11.3. The normalized spacial score (nSPS) is 28.9. The van der Waals surface area contributed by atoms with E-state index in [9.17, 15) is 41.1 Å². The maximum Gasteiger partial charge on any atom is 0.255 e. The first-order chi connectivity index (χ1) is 19.2. The number of sulfone groups is 1. The van der Waals surface area contributed by atoms with E-state index >= 15 is 0 Å². The first-order valence-corrected chi connectivity index (χ1v) is 14.9. The molecule has 4 aliphatic rings. The fourth-order valence-corrected chi connectivity index (χ4v) is 8.75. The van der Waals surface area contributed by atoms with Crippen molar-refractivity contribution in [2.75, 3.05) is 11.9 Å². The third kappa shape index (κ3) is 5.19. The van der Waals surface area contributed by atoms with E-state index in [1.807, 2.05) is 6.92 Å². The molecule has 3 atom stereocenters. The first kappa shape index (κ1) is 29.3. The Kier molecular flexibility index (Phi) is 7.58. The third-order valence-electron chi connectivity index (χ3n) is 8.63. The van der Waals surface area contributed by atoms with Gasteiger partial charge in [0.25, 0.3) is 5.91 Å². The van der Waals surface area contributed by atoms with Crippen LogP contribution in [0.15, 0.2) is 35.2 Å². The molecule has 220 valence electrons. The number of hydrogen-bond acceptors (Lipinski definition) is 6. The number of rotatable bonds is 7. The Morgan fingerprint density at radius 1 is 1.12 bits per heavy atom. The largest absolute Gasteiger partial charge is 0.387 e. The molecule has 2 bridgehead atoms. The van der Waals surface area contributed by atoms with E-state index in [1.165, 1.54) is 12.1 Å². The number of nitrogens with one attached hydrogen (secondary N) is 3. The molecule has 0 spiro atoms. The number of benzene rings is 2. The average Bonchev–Trinajstić information content (AvgIpc) is 3.37. The van der Waals surface area contributed by atoms with Crippen molar-refractivity contribution in [2.45, 2.75) is 54.4 Å². The van der Waals surface area contributed by atoms with E-state index in [4.69, 9.17) is 11.6 Å². The van der Waals surface area contributed by atoms with Gasteiger partial charge in [-0.1, -0.05) is 18.5 Å². The van der Waals surface area contributed by atoms with Crippen molar-refractivity contribution in [3.8, 4) is 0 Å². The van der Waals surface area contributed by atoms with Gasteiger partial charge in [-0.3, -0.25) is 14.4 Å². The number of amides is 3. The highest BCUT2D eigenvalue weighted by Gasteiger charge is 2.64. The molecule has 0 aromatic heterocycles. The standard InChI is InChI=1S/C27H27ClF3N3O6S/c1-12-16-9-15(10-17(12)27(16,38)11-32-26(37)21-4-5-23(35)34-21)41(39,40)22-6-13(2-3-18(22)28)25(36)33-14-7-19(29)24(31)20(30)8-14/h2-3,6-8,12,15-17,21,38H,4-5,9-11H2,1H3,(H,32,37)(H,33,36)(H,34,35)/t12-,15+,16?,17?,21-,27+/m0/s1. The van der Waals surface area contributed by atoms with E-state index in [1.54, 1.807) is 0 Å². The average molecular weight is 614 g/mol. The van der Waals surface area contributed by atoms with E-state index in [0.717, 1.165) is 6.07 Å². The summed E-state index contributed by atoms with van der Waals surface area (Å²) in [6.07, 6.45) is 0.794. The van der Waals surface area contributed by atoms with Gasteiger partial charge in [0.05, 0.1) is 20.8 Å². The maximum atomic E-state index is 13.7. The summed E-state index contributed by atoms with van der Waals surface area (Å²) in [6.45, 7) is 1.83. The SMILES string of the molecule is C[C@H]1C2C[C@@H](S(=O)(=O)c3cc(C(=O)Nc4cc(F)c(F)c(F)c4)ccc3Cl)CC1[C@@]2(O)CNC(=O)[C@@H]1CCC(=O)N1. The van der Waals surface area contributed by atoms with Crippen molar-refractivity contribution in [1.29, 1.82) is 0 Å². The van der Waals surface area contributed by atoms with Crippen molar-refractivity contribution in [3.05, 3.63) is 58.4 Å². The summed E-state index contributed by atoms with van der Waals surface area (Å²) in [4.78, 5) is 36.3. The lowest BCUT2D eigenvalue weighted by Gasteiger charge is -2.62. The number of halogens is 4. The Balaban J connectivity index is 1.30. The molecule has 4 N–H and O–H groups in total. The van der Waals surface area contributed by atoms with Crippen LogP contribution in [-0.4, -0.2) is 54.7 Å². The summed E-state index contributed by atoms with van der Waals surface area (Å²) in [6, 6.07) is 4.04. The number of carbonyl (C=O) groups excluding carboxylic acids is 3. The van der Waals surface area contributed by atoms with Gasteiger partial charge in [0.1, 0.15) is 6.04 Å². The number of carbonyl (C=O) groups is 3. The summed E-state index contributed by atoms with van der Waals surface area (Å²) >= 11 is 6.23. The molecule has 1 aliphatic heterocycles. The molecule has 2 aromatic carbocycles. The van der Waals surface area contributed by atoms with Gasteiger partial charge in [0.15, 0.2) is 27.3 Å². The maximum absolute atomic E-state index is 13.7. The molecule has 9 nitrogen and oxygen atoms in total. The van der Waals surface area contributed by atoms with E-state index in [2.05, 4.69) is 16.0 Å². The first-order valence-electron chi connectivity index (χ1n) is 13.0. The van der Waals surface area contributed by atoms with E-state index in [0.29, 0.717) is 18.6 Å². The summed E-state index contributed by atoms with van der Waals surface area (Å²) in [5.74, 6) is -7.10. The molecule has 14 heteroatoms. The molecular weight excluding hydrogens is 587 g/mol. The summed E-state index contributed by atoms with van der Waals surface area (Å²) in [7, 11) is -4.09. The molecule has 0 radical (unpaired) electrons. The Morgan fingerprint density at radius 3 is 2.34 bits per heavy atom. The highest BCUT2D eigenvalue weighted by atomic mass is 35.5. The van der Waals surface area contributed by atoms with Crippen molar-refractivity contribution in [1.82, 2.24) is 10.6 Å². The Hall–Kier alpha value is -3.16. The van der Waals surface area contributed by atoms with Crippen LogP contribution in [0.25, 0.3) is 0 Å². The van der Waals surface area contributed by atoms with Gasteiger partial charge in [-0.15, -0.1) is 0 Å². The van der Waals surface area contributed by atoms with Crippen molar-refractivity contribution in [2.24, 2.45) is 17.8 Å². The highest BCUT2D eigenvalue weighted by Crippen LogP contribution is 2.59. The molecular formula is C27H27ClF3N3O6S. The van der Waals surface area contributed by atoms with Crippen LogP contribution in [0.1, 0.15) is 43.0 Å². The summed E-state index contributed by atoms with van der Waals surface area (Å²) < 4.78 is 67.7. The molecule has 2 aromatic rings. The second-order valence-electron chi connectivity index (χ2n) is 10.9. The predicted molar refractivity (Wildman–Crippen MR) is 141 cm³/mol. The number of hydrogen-bond donors (Lipinski definition) is 4. The van der Waals surface area contributed by atoms with Crippen LogP contribution < -0.4 is 16.0 Å². The molecule has 1 heterocycles. The Labute approximate surface area is 238 Å². The lowest BCUT2D eigenvalue weighted by molar-refractivity contribution is -0.213. The van der Waals surface area contributed by atoms with Crippen molar-refractivity contribution < 1.29 is 41.1 Å². The molecule has 3 amide bonds. The zero-order chi connectivity index (χ0) is 29.9. The smallest absolute Gasteiger partial charge is 0.255 e. The molecule has 4 fully saturated rings. The minimum atomic E-state index is -4.09. The van der Waals surface area contributed by atoms with Crippen LogP contribution in [0, 0.1) is 35.2 Å². The Morgan fingerprint density at radius 2 is 1.76 bits per heavy atom. The molecule has 3 saturated carbocycles. The van der Waals surface area contributed by atoms with Crippen LogP contribution in [0.3, 0.4) is 0 Å². The Bertz CT molecular complexity index is 1520. The quantitative estimate of drug-likeness (QED) is 0.354. The summed E-state index contributed by atoms with van der Waals surface area (Å²) in [5.41, 5.74) is -1.84. The number of fused-ring (bicyclic) bond motifs is 2. The predicted octanol–water partition coefficient (Wildman–Crippen LogP) is 2.95. The van der Waals surface area contributed by atoms with Gasteiger partial charge in [-0.05, 0) is 55.2 Å². The second-order valence-corrected chi connectivity index (χ2v) is 13.5. The lowest BCUT2D eigenvalue weighted by atomic mass is 9.48. The van der Waals surface area contributed by atoms with Crippen LogP contribution in [0.5, 0.6) is 0 Å². The number of anilines is 1. The van der Waals surface area contributed by atoms with Crippen LogP contribution in [0.4, 0.5) is 18.9 Å². The minimum absolute atomic E-state index is 0.00128. The van der Waals surface area contributed by atoms with Gasteiger partial charge in [0, 0.05) is 36.3 Å². The van der Waals surface area contributed by atoms with Crippen LogP contribution >= 0.6 is 11.6 Å². The van der Waals surface area contributed by atoms with Gasteiger partial charge in [-0.25, -0.2) is 21.6 Å². The topological polar surface area (TPSA) is 142 Å². The molecule has 41 heavy (non-hydrogen) atoms. The minimum Gasteiger partial charge on any atom is -0.387 e. The monoisotopic (exact) mass is 613 g/mol.